The summed E-state index contributed by atoms with van der Waals surface area (Å²) >= 11 is 0. The number of rotatable bonds is 4. The summed E-state index contributed by atoms with van der Waals surface area (Å²) in [5.41, 5.74) is 0. The summed E-state index contributed by atoms with van der Waals surface area (Å²) in [5, 5.41) is 0. The predicted molar refractivity (Wildman–Crippen MR) is 55.8 cm³/mol. The molecule has 1 saturated heterocycles. The lowest BCUT2D eigenvalue weighted by atomic mass is 9.95. The van der Waals surface area contributed by atoms with E-state index >= 15 is 0 Å². The van der Waals surface area contributed by atoms with Crippen molar-refractivity contribution < 1.29 is 4.74 Å². The third-order valence-corrected chi connectivity index (χ3v) is 2.63. The lowest BCUT2D eigenvalue weighted by molar-refractivity contribution is -0.0130. The Hall–Kier alpha value is -0.340. The Labute approximate surface area is 81.6 Å². The maximum Gasteiger partial charge on any atom is 0.0662 e. The summed E-state index contributed by atoms with van der Waals surface area (Å²) in [5.74, 6) is 0.519. The van der Waals surface area contributed by atoms with E-state index in [0.717, 1.165) is 32.5 Å². The highest BCUT2D eigenvalue weighted by atomic mass is 16.5. The molecule has 1 aliphatic heterocycles. The van der Waals surface area contributed by atoms with E-state index in [1.165, 1.54) is 0 Å². The van der Waals surface area contributed by atoms with Crippen molar-refractivity contribution >= 4 is 0 Å². The van der Waals surface area contributed by atoms with Crippen LogP contribution in [0.5, 0.6) is 0 Å². The fourth-order valence-corrected chi connectivity index (χ4v) is 1.83. The first kappa shape index (κ1) is 10.7. The van der Waals surface area contributed by atoms with Crippen LogP contribution >= 0.6 is 0 Å². The zero-order valence-corrected chi connectivity index (χ0v) is 8.83. The molecule has 2 atom stereocenters. The molecule has 0 N–H and O–H groups in total. The molecular weight excluding hydrogens is 162 g/mol. The van der Waals surface area contributed by atoms with Crippen molar-refractivity contribution in [3.05, 3.63) is 12.7 Å². The minimum atomic E-state index is 0.411. The first-order chi connectivity index (χ1) is 6.27. The Morgan fingerprint density at radius 3 is 3.00 bits per heavy atom. The van der Waals surface area contributed by atoms with E-state index in [0.29, 0.717) is 12.0 Å². The average Bonchev–Trinajstić information content (AvgIpc) is 2.16. The van der Waals surface area contributed by atoms with Gasteiger partial charge in [0.25, 0.3) is 0 Å². The minimum Gasteiger partial charge on any atom is -0.378 e. The smallest absolute Gasteiger partial charge is 0.0662 e. The second-order valence-electron chi connectivity index (χ2n) is 3.86. The third-order valence-electron chi connectivity index (χ3n) is 2.63. The summed E-state index contributed by atoms with van der Waals surface area (Å²) in [7, 11) is 2.16. The molecule has 0 bridgehead atoms. The van der Waals surface area contributed by atoms with Crippen LogP contribution in [0, 0.1) is 5.92 Å². The van der Waals surface area contributed by atoms with Crippen LogP contribution in [0.2, 0.25) is 0 Å². The molecule has 0 aromatic heterocycles. The molecule has 2 unspecified atom stereocenters. The fraction of sp³-hybridized carbons (Fsp3) is 0.818. The van der Waals surface area contributed by atoms with Crippen LogP contribution in [0.4, 0.5) is 0 Å². The van der Waals surface area contributed by atoms with Gasteiger partial charge >= 0.3 is 0 Å². The summed E-state index contributed by atoms with van der Waals surface area (Å²) in [6.07, 6.45) is 4.70. The van der Waals surface area contributed by atoms with Crippen LogP contribution < -0.4 is 0 Å². The van der Waals surface area contributed by atoms with Gasteiger partial charge in [-0.25, -0.2) is 0 Å². The summed E-state index contributed by atoms with van der Waals surface area (Å²) in [4.78, 5) is 2.35. The lowest BCUT2D eigenvalue weighted by Gasteiger charge is -2.34. The first-order valence-electron chi connectivity index (χ1n) is 5.20. The molecule has 0 aromatic carbocycles. The van der Waals surface area contributed by atoms with Gasteiger partial charge in [-0.05, 0) is 19.9 Å². The molecule has 0 amide bonds. The Balaban J connectivity index is 2.38. The van der Waals surface area contributed by atoms with E-state index in [1.54, 1.807) is 0 Å². The van der Waals surface area contributed by atoms with Crippen molar-refractivity contribution in [1.82, 2.24) is 4.90 Å². The van der Waals surface area contributed by atoms with Gasteiger partial charge in [0.15, 0.2) is 0 Å². The van der Waals surface area contributed by atoms with Gasteiger partial charge in [0, 0.05) is 25.6 Å². The first-order valence-corrected chi connectivity index (χ1v) is 5.20. The van der Waals surface area contributed by atoms with Crippen molar-refractivity contribution in [2.45, 2.75) is 25.9 Å². The highest BCUT2D eigenvalue weighted by molar-refractivity contribution is 4.90. The topological polar surface area (TPSA) is 12.5 Å². The van der Waals surface area contributed by atoms with Crippen LogP contribution in [-0.2, 0) is 4.74 Å². The van der Waals surface area contributed by atoms with E-state index in [2.05, 4.69) is 25.5 Å². The number of nitrogens with zero attached hydrogens (tertiary/aromatic N) is 1. The highest BCUT2D eigenvalue weighted by Gasteiger charge is 2.25. The Morgan fingerprint density at radius 2 is 2.38 bits per heavy atom. The largest absolute Gasteiger partial charge is 0.378 e. The molecule has 0 radical (unpaired) electrons. The molecule has 0 spiro atoms. The SMILES string of the molecule is C=CC1CN(C)CCC1OCCC. The predicted octanol–water partition coefficient (Wildman–Crippen LogP) is 1.92. The molecule has 13 heavy (non-hydrogen) atoms. The molecule has 1 heterocycles. The van der Waals surface area contributed by atoms with Gasteiger partial charge in [-0.2, -0.15) is 0 Å². The van der Waals surface area contributed by atoms with E-state index < -0.39 is 0 Å². The normalized spacial score (nSPS) is 30.3. The van der Waals surface area contributed by atoms with Crippen molar-refractivity contribution in [2.75, 3.05) is 26.7 Å². The fourth-order valence-electron chi connectivity index (χ4n) is 1.83. The van der Waals surface area contributed by atoms with Crippen molar-refractivity contribution in [3.63, 3.8) is 0 Å². The van der Waals surface area contributed by atoms with Gasteiger partial charge in [0.05, 0.1) is 6.10 Å². The number of piperidine rings is 1. The van der Waals surface area contributed by atoms with Crippen molar-refractivity contribution in [3.8, 4) is 0 Å². The highest BCUT2D eigenvalue weighted by Crippen LogP contribution is 2.20. The van der Waals surface area contributed by atoms with Gasteiger partial charge < -0.3 is 9.64 Å². The van der Waals surface area contributed by atoms with Crippen LogP contribution in [0.3, 0.4) is 0 Å². The molecule has 1 fully saturated rings. The standard InChI is InChI=1S/C11H21NO/c1-4-8-13-11-6-7-12(3)9-10(11)5-2/h5,10-11H,2,4,6-9H2,1,3H3. The molecule has 2 heteroatoms. The average molecular weight is 183 g/mol. The van der Waals surface area contributed by atoms with E-state index in [-0.39, 0.29) is 0 Å². The lowest BCUT2D eigenvalue weighted by Crippen LogP contribution is -2.41. The minimum absolute atomic E-state index is 0.411. The molecule has 76 valence electrons. The summed E-state index contributed by atoms with van der Waals surface area (Å²) in [6, 6.07) is 0. The van der Waals surface area contributed by atoms with E-state index in [1.807, 2.05) is 6.08 Å². The number of hydrogen-bond acceptors (Lipinski definition) is 2. The molecule has 0 aliphatic carbocycles. The molecular formula is C11H21NO. The van der Waals surface area contributed by atoms with Gasteiger partial charge in [0.2, 0.25) is 0 Å². The number of hydrogen-bond donors (Lipinski definition) is 0. The molecule has 0 saturated carbocycles. The number of likely N-dealkylation sites (tertiary alicyclic amines) is 1. The zero-order valence-electron chi connectivity index (χ0n) is 8.83. The van der Waals surface area contributed by atoms with Crippen LogP contribution in [-0.4, -0.2) is 37.7 Å². The summed E-state index contributed by atoms with van der Waals surface area (Å²) < 4.78 is 5.79. The van der Waals surface area contributed by atoms with Crippen LogP contribution in [0.15, 0.2) is 12.7 Å². The Kier molecular flexibility index (Phi) is 4.46. The molecule has 1 rings (SSSR count). The van der Waals surface area contributed by atoms with Crippen LogP contribution in [0.1, 0.15) is 19.8 Å². The van der Waals surface area contributed by atoms with Gasteiger partial charge in [-0.1, -0.05) is 13.0 Å². The second-order valence-corrected chi connectivity index (χ2v) is 3.86. The maximum atomic E-state index is 5.79. The molecule has 0 aromatic rings. The van der Waals surface area contributed by atoms with Gasteiger partial charge in [-0.3, -0.25) is 0 Å². The monoisotopic (exact) mass is 183 g/mol. The Morgan fingerprint density at radius 1 is 1.62 bits per heavy atom. The number of ether oxygens (including phenoxy) is 1. The van der Waals surface area contributed by atoms with E-state index in [4.69, 9.17) is 4.74 Å². The van der Waals surface area contributed by atoms with Crippen LogP contribution in [0.25, 0.3) is 0 Å². The zero-order chi connectivity index (χ0) is 9.68. The Bertz CT molecular complexity index is 156. The van der Waals surface area contributed by atoms with Crippen molar-refractivity contribution in [2.24, 2.45) is 5.92 Å². The third kappa shape index (κ3) is 3.12. The summed E-state index contributed by atoms with van der Waals surface area (Å²) in [6.45, 7) is 9.16. The van der Waals surface area contributed by atoms with E-state index in [9.17, 15) is 0 Å². The molecule has 1 aliphatic rings. The quantitative estimate of drug-likeness (QED) is 0.617. The van der Waals surface area contributed by atoms with Crippen molar-refractivity contribution in [1.29, 1.82) is 0 Å². The second kappa shape index (κ2) is 5.40. The van der Waals surface area contributed by atoms with Gasteiger partial charge in [0.1, 0.15) is 0 Å². The van der Waals surface area contributed by atoms with Gasteiger partial charge in [-0.15, -0.1) is 6.58 Å². The maximum absolute atomic E-state index is 5.79. The molecule has 2 nitrogen and oxygen atoms in total.